The van der Waals surface area contributed by atoms with Gasteiger partial charge in [-0.25, -0.2) is 9.50 Å². The Bertz CT molecular complexity index is 409. The summed E-state index contributed by atoms with van der Waals surface area (Å²) in [7, 11) is 0. The molecule has 2 aromatic heterocycles. The highest BCUT2D eigenvalue weighted by Crippen LogP contribution is 2.16. The molecular weight excluding hydrogens is 220 g/mol. The summed E-state index contributed by atoms with van der Waals surface area (Å²) in [6.45, 7) is 0.421. The second-order valence-electron chi connectivity index (χ2n) is 2.35. The largest absolute Gasteiger partial charge is 0.325 e. The fraction of sp³-hybridized carbons (Fsp3) is 0.143. The molecule has 0 aliphatic carbocycles. The molecule has 12 heavy (non-hydrogen) atoms. The lowest BCUT2D eigenvalue weighted by Crippen LogP contribution is -1.97. The normalized spacial score (nSPS) is 10.8. The van der Waals surface area contributed by atoms with Crippen molar-refractivity contribution in [1.82, 2.24) is 14.6 Å². The number of rotatable bonds is 1. The summed E-state index contributed by atoms with van der Waals surface area (Å²) in [5.41, 5.74) is 7.12. The number of hydrogen-bond acceptors (Lipinski definition) is 3. The van der Waals surface area contributed by atoms with Crippen LogP contribution in [-0.2, 0) is 6.54 Å². The van der Waals surface area contributed by atoms with E-state index in [9.17, 15) is 0 Å². The molecule has 2 rings (SSSR count). The molecule has 0 amide bonds. The van der Waals surface area contributed by atoms with Gasteiger partial charge < -0.3 is 5.73 Å². The van der Waals surface area contributed by atoms with Crippen LogP contribution >= 0.6 is 15.9 Å². The van der Waals surface area contributed by atoms with Gasteiger partial charge in [0.15, 0.2) is 5.65 Å². The zero-order chi connectivity index (χ0) is 8.55. The van der Waals surface area contributed by atoms with Gasteiger partial charge in [0.25, 0.3) is 0 Å². The van der Waals surface area contributed by atoms with Crippen molar-refractivity contribution in [3.05, 3.63) is 28.6 Å². The van der Waals surface area contributed by atoms with Crippen LogP contribution in [0.2, 0.25) is 0 Å². The van der Waals surface area contributed by atoms with Gasteiger partial charge in [-0.15, -0.1) is 0 Å². The zero-order valence-corrected chi connectivity index (χ0v) is 7.82. The van der Waals surface area contributed by atoms with Crippen LogP contribution in [0.3, 0.4) is 0 Å². The Morgan fingerprint density at radius 2 is 2.42 bits per heavy atom. The number of nitrogens with zero attached hydrogens (tertiary/aromatic N) is 3. The lowest BCUT2D eigenvalue weighted by molar-refractivity contribution is 0.903. The van der Waals surface area contributed by atoms with Crippen LogP contribution in [0.15, 0.2) is 22.9 Å². The summed E-state index contributed by atoms with van der Waals surface area (Å²) in [6, 6.07) is 3.73. The van der Waals surface area contributed by atoms with Crippen LogP contribution in [0, 0.1) is 0 Å². The van der Waals surface area contributed by atoms with Crippen molar-refractivity contribution < 1.29 is 0 Å². The minimum atomic E-state index is 0.421. The molecule has 0 aliphatic heterocycles. The molecule has 0 saturated heterocycles. The fourth-order valence-electron chi connectivity index (χ4n) is 1.04. The van der Waals surface area contributed by atoms with Crippen molar-refractivity contribution in [2.24, 2.45) is 5.73 Å². The number of aromatic nitrogens is 3. The van der Waals surface area contributed by atoms with Gasteiger partial charge in [-0.05, 0) is 28.1 Å². The van der Waals surface area contributed by atoms with Crippen molar-refractivity contribution >= 4 is 21.6 Å². The van der Waals surface area contributed by atoms with Crippen molar-refractivity contribution in [3.8, 4) is 0 Å². The van der Waals surface area contributed by atoms with Gasteiger partial charge in [0.05, 0.1) is 5.69 Å². The lowest BCUT2D eigenvalue weighted by atomic mass is 10.5. The van der Waals surface area contributed by atoms with Crippen molar-refractivity contribution in [3.63, 3.8) is 0 Å². The van der Waals surface area contributed by atoms with Crippen LogP contribution in [0.5, 0.6) is 0 Å². The first-order valence-corrected chi connectivity index (χ1v) is 4.30. The van der Waals surface area contributed by atoms with Gasteiger partial charge in [-0.1, -0.05) is 0 Å². The third-order valence-corrected chi connectivity index (χ3v) is 2.39. The maximum atomic E-state index is 5.48. The summed E-state index contributed by atoms with van der Waals surface area (Å²) in [4.78, 5) is 4.26. The number of nitrogens with two attached hydrogens (primary N) is 1. The lowest BCUT2D eigenvalue weighted by Gasteiger charge is -1.90. The zero-order valence-electron chi connectivity index (χ0n) is 6.24. The third-order valence-electron chi connectivity index (χ3n) is 1.60. The Balaban J connectivity index is 2.78. The van der Waals surface area contributed by atoms with E-state index in [1.807, 2.05) is 12.1 Å². The van der Waals surface area contributed by atoms with Crippen molar-refractivity contribution in [2.45, 2.75) is 6.54 Å². The molecule has 0 bridgehead atoms. The molecule has 2 aromatic rings. The minimum Gasteiger partial charge on any atom is -0.325 e. The van der Waals surface area contributed by atoms with Gasteiger partial charge in [-0.3, -0.25) is 0 Å². The van der Waals surface area contributed by atoms with E-state index in [0.29, 0.717) is 6.54 Å². The Morgan fingerprint density at radius 3 is 3.08 bits per heavy atom. The molecule has 4 nitrogen and oxygen atoms in total. The van der Waals surface area contributed by atoms with E-state index in [2.05, 4.69) is 26.0 Å². The topological polar surface area (TPSA) is 56.2 Å². The van der Waals surface area contributed by atoms with Gasteiger partial charge >= 0.3 is 0 Å². The number of fused-ring (bicyclic) bond motifs is 1. The number of imidazole rings is 1. The summed E-state index contributed by atoms with van der Waals surface area (Å²) < 4.78 is 2.54. The maximum Gasteiger partial charge on any atom is 0.155 e. The Morgan fingerprint density at radius 1 is 1.58 bits per heavy atom. The van der Waals surface area contributed by atoms with Crippen LogP contribution in [0.25, 0.3) is 5.65 Å². The minimum absolute atomic E-state index is 0.421. The summed E-state index contributed by atoms with van der Waals surface area (Å²) in [5.74, 6) is 0. The highest BCUT2D eigenvalue weighted by molar-refractivity contribution is 9.10. The molecule has 2 N–H and O–H groups in total. The molecule has 62 valence electrons. The number of halogens is 1. The van der Waals surface area contributed by atoms with Crippen LogP contribution < -0.4 is 5.73 Å². The van der Waals surface area contributed by atoms with E-state index in [1.165, 1.54) is 0 Å². The van der Waals surface area contributed by atoms with E-state index in [4.69, 9.17) is 5.73 Å². The summed E-state index contributed by atoms with van der Waals surface area (Å²) in [6.07, 6.45) is 1.71. The van der Waals surface area contributed by atoms with Crippen LogP contribution in [0.1, 0.15) is 5.69 Å². The summed E-state index contributed by atoms with van der Waals surface area (Å²) in [5, 5.41) is 4.10. The van der Waals surface area contributed by atoms with Crippen LogP contribution in [0.4, 0.5) is 0 Å². The monoisotopic (exact) mass is 226 g/mol. The first-order chi connectivity index (χ1) is 5.83. The molecule has 0 atom stereocenters. The fourth-order valence-corrected chi connectivity index (χ4v) is 1.56. The van der Waals surface area contributed by atoms with Crippen molar-refractivity contribution in [1.29, 1.82) is 0 Å². The van der Waals surface area contributed by atoms with E-state index in [1.54, 1.807) is 10.7 Å². The average molecular weight is 227 g/mol. The maximum absolute atomic E-state index is 5.48. The Kier molecular flexibility index (Phi) is 1.82. The highest BCUT2D eigenvalue weighted by atomic mass is 79.9. The average Bonchev–Trinajstić information content (AvgIpc) is 2.44. The van der Waals surface area contributed by atoms with Gasteiger partial charge in [0.2, 0.25) is 0 Å². The molecule has 0 spiro atoms. The molecule has 5 heteroatoms. The molecule has 0 fully saturated rings. The van der Waals surface area contributed by atoms with E-state index in [-0.39, 0.29) is 0 Å². The molecule has 0 aliphatic rings. The van der Waals surface area contributed by atoms with Gasteiger partial charge in [-0.2, -0.15) is 5.10 Å². The Labute approximate surface area is 77.5 Å². The third kappa shape index (κ3) is 1.02. The molecule has 0 radical (unpaired) electrons. The molecule has 0 unspecified atom stereocenters. The first kappa shape index (κ1) is 7.70. The predicted octanol–water partition coefficient (Wildman–Crippen LogP) is 0.950. The number of hydrogen-bond donors (Lipinski definition) is 1. The van der Waals surface area contributed by atoms with Gasteiger partial charge in [0, 0.05) is 12.7 Å². The standard InChI is InChI=1S/C7H7BrN4/c8-7-5(4-9)11-6-2-1-3-10-12(6)7/h1-3H,4,9H2. The highest BCUT2D eigenvalue weighted by Gasteiger charge is 2.07. The SMILES string of the molecule is NCc1nc2cccnn2c1Br. The van der Waals surface area contributed by atoms with E-state index in [0.717, 1.165) is 15.9 Å². The van der Waals surface area contributed by atoms with E-state index >= 15 is 0 Å². The molecule has 2 heterocycles. The predicted molar refractivity (Wildman–Crippen MR) is 48.6 cm³/mol. The second-order valence-corrected chi connectivity index (χ2v) is 3.10. The van der Waals surface area contributed by atoms with Gasteiger partial charge in [0.1, 0.15) is 4.60 Å². The Hall–Kier alpha value is -0.940. The summed E-state index contributed by atoms with van der Waals surface area (Å²) >= 11 is 3.37. The second kappa shape index (κ2) is 2.84. The molecule has 0 saturated carbocycles. The molecular formula is C7H7BrN4. The smallest absolute Gasteiger partial charge is 0.155 e. The quantitative estimate of drug-likeness (QED) is 0.788. The van der Waals surface area contributed by atoms with Crippen molar-refractivity contribution in [2.75, 3.05) is 0 Å². The van der Waals surface area contributed by atoms with Crippen LogP contribution in [-0.4, -0.2) is 14.6 Å². The molecule has 0 aromatic carbocycles. The first-order valence-electron chi connectivity index (χ1n) is 3.51. The van der Waals surface area contributed by atoms with E-state index < -0.39 is 0 Å².